The predicted molar refractivity (Wildman–Crippen MR) is 120 cm³/mol. The molecule has 0 radical (unpaired) electrons. The molecule has 0 unspecified atom stereocenters. The van der Waals surface area contributed by atoms with Crippen molar-refractivity contribution in [3.63, 3.8) is 0 Å². The molecule has 1 aromatic heterocycles. The zero-order chi connectivity index (χ0) is 21.5. The van der Waals surface area contributed by atoms with Gasteiger partial charge in [0, 0.05) is 11.6 Å². The number of nitriles is 1. The lowest BCUT2D eigenvalue weighted by Crippen LogP contribution is -2.37. The number of hydrogen-bond donors (Lipinski definition) is 1. The van der Waals surface area contributed by atoms with E-state index >= 15 is 0 Å². The quantitative estimate of drug-likeness (QED) is 0.508. The molecular weight excluding hydrogens is 412 g/mol. The minimum absolute atomic E-state index is 0.131. The molecule has 1 atom stereocenters. The number of hydrogen-bond acceptors (Lipinski definition) is 6. The first-order chi connectivity index (χ1) is 15.2. The molecule has 0 spiro atoms. The number of piperidine rings is 1. The van der Waals surface area contributed by atoms with E-state index in [0.717, 1.165) is 13.1 Å². The van der Waals surface area contributed by atoms with Crippen LogP contribution in [0.3, 0.4) is 0 Å². The molecule has 3 aromatic rings. The maximum absolute atomic E-state index is 9.50. The van der Waals surface area contributed by atoms with Gasteiger partial charge in [0.25, 0.3) is 0 Å². The van der Waals surface area contributed by atoms with E-state index in [1.807, 2.05) is 6.07 Å². The number of benzene rings is 2. The summed E-state index contributed by atoms with van der Waals surface area (Å²) in [6.07, 6.45) is 3.70. The second kappa shape index (κ2) is 10.3. The second-order valence-corrected chi connectivity index (χ2v) is 7.98. The zero-order valence-corrected chi connectivity index (χ0v) is 18.0. The fourth-order valence-corrected chi connectivity index (χ4v) is 3.98. The van der Waals surface area contributed by atoms with Crippen molar-refractivity contribution in [2.24, 2.45) is 0 Å². The highest BCUT2D eigenvalue weighted by Crippen LogP contribution is 2.26. The van der Waals surface area contributed by atoms with Crippen molar-refractivity contribution < 1.29 is 9.15 Å². The topological polar surface area (TPSA) is 74.3 Å². The van der Waals surface area contributed by atoms with Crippen LogP contribution in [0.25, 0.3) is 0 Å². The third-order valence-electron chi connectivity index (χ3n) is 5.43. The Morgan fingerprint density at radius 1 is 1.10 bits per heavy atom. The third-order valence-corrected chi connectivity index (χ3v) is 5.68. The summed E-state index contributed by atoms with van der Waals surface area (Å²) in [6, 6.07) is 19.8. The van der Waals surface area contributed by atoms with E-state index in [1.165, 1.54) is 24.8 Å². The number of halogens is 1. The van der Waals surface area contributed by atoms with Crippen LogP contribution in [0.2, 0.25) is 5.02 Å². The van der Waals surface area contributed by atoms with Crippen molar-refractivity contribution in [2.75, 3.05) is 25.0 Å². The molecular formula is C24H25ClN4O2. The highest BCUT2D eigenvalue weighted by molar-refractivity contribution is 6.30. The lowest BCUT2D eigenvalue weighted by Gasteiger charge is -2.35. The van der Waals surface area contributed by atoms with Gasteiger partial charge in [0.2, 0.25) is 17.5 Å². The number of likely N-dealkylation sites (tertiary alicyclic amines) is 1. The van der Waals surface area contributed by atoms with Crippen LogP contribution < -0.4 is 10.1 Å². The average molecular weight is 437 g/mol. The molecule has 1 N–H and O–H groups in total. The number of anilines is 1. The summed E-state index contributed by atoms with van der Waals surface area (Å²) in [5, 5.41) is 13.5. The molecule has 6 nitrogen and oxygen atoms in total. The van der Waals surface area contributed by atoms with Gasteiger partial charge in [-0.1, -0.05) is 48.4 Å². The standard InChI is InChI=1S/C24H25ClN4O2/c25-19-9-11-20(12-10-19)30-17-23-28-21(15-26)24(31-23)27-16-22(18-7-3-1-4-8-18)29-13-5-2-6-14-29/h1,3-4,7-12,22,27H,2,5-6,13-14,16-17H2/t22-/m1/s1. The summed E-state index contributed by atoms with van der Waals surface area (Å²) in [7, 11) is 0. The fraction of sp³-hybridized carbons (Fsp3) is 0.333. The third kappa shape index (κ3) is 5.57. The molecule has 1 saturated heterocycles. The van der Waals surface area contributed by atoms with E-state index in [2.05, 4.69) is 45.5 Å². The van der Waals surface area contributed by atoms with Gasteiger partial charge >= 0.3 is 0 Å². The van der Waals surface area contributed by atoms with E-state index in [9.17, 15) is 5.26 Å². The molecule has 31 heavy (non-hydrogen) atoms. The van der Waals surface area contributed by atoms with Gasteiger partial charge in [-0.05, 0) is 55.8 Å². The van der Waals surface area contributed by atoms with Crippen LogP contribution in [0.1, 0.15) is 42.5 Å². The molecule has 0 bridgehead atoms. The minimum atomic E-state index is 0.131. The Balaban J connectivity index is 1.44. The van der Waals surface area contributed by atoms with Crippen molar-refractivity contribution in [3.8, 4) is 11.8 Å². The predicted octanol–water partition coefficient (Wildman–Crippen LogP) is 5.42. The van der Waals surface area contributed by atoms with Crippen LogP contribution >= 0.6 is 11.6 Å². The first-order valence-corrected chi connectivity index (χ1v) is 10.9. The minimum Gasteiger partial charge on any atom is -0.484 e. The van der Waals surface area contributed by atoms with E-state index in [1.54, 1.807) is 24.3 Å². The van der Waals surface area contributed by atoms with Crippen LogP contribution in [0, 0.1) is 11.3 Å². The summed E-state index contributed by atoms with van der Waals surface area (Å²) in [6.45, 7) is 2.91. The Labute approximate surface area is 187 Å². The number of oxazole rings is 1. The molecule has 2 heterocycles. The first kappa shape index (κ1) is 21.2. The Bertz CT molecular complexity index is 1010. The molecule has 1 aliphatic heterocycles. The van der Waals surface area contributed by atoms with Crippen molar-refractivity contribution in [3.05, 3.63) is 76.8 Å². The van der Waals surface area contributed by atoms with E-state index < -0.39 is 0 Å². The van der Waals surface area contributed by atoms with E-state index in [0.29, 0.717) is 29.1 Å². The fourth-order valence-electron chi connectivity index (χ4n) is 3.85. The SMILES string of the molecule is N#Cc1nc(COc2ccc(Cl)cc2)oc1NC[C@H](c1ccccc1)N1CCCCC1. The van der Waals surface area contributed by atoms with Crippen molar-refractivity contribution in [1.29, 1.82) is 5.26 Å². The van der Waals surface area contributed by atoms with Crippen molar-refractivity contribution in [2.45, 2.75) is 31.9 Å². The molecule has 7 heteroatoms. The summed E-state index contributed by atoms with van der Waals surface area (Å²) < 4.78 is 11.5. The second-order valence-electron chi connectivity index (χ2n) is 7.54. The first-order valence-electron chi connectivity index (χ1n) is 10.5. The molecule has 0 saturated carbocycles. The number of nitrogens with zero attached hydrogens (tertiary/aromatic N) is 3. The summed E-state index contributed by atoms with van der Waals surface area (Å²) in [4.78, 5) is 6.77. The van der Waals surface area contributed by atoms with Crippen LogP contribution in [0.5, 0.6) is 5.75 Å². The van der Waals surface area contributed by atoms with Crippen LogP contribution in [-0.4, -0.2) is 29.5 Å². The number of nitrogens with one attached hydrogen (secondary N) is 1. The largest absolute Gasteiger partial charge is 0.484 e. The molecule has 0 amide bonds. The van der Waals surface area contributed by atoms with Gasteiger partial charge in [-0.15, -0.1) is 0 Å². The van der Waals surface area contributed by atoms with Crippen molar-refractivity contribution >= 4 is 17.5 Å². The summed E-state index contributed by atoms with van der Waals surface area (Å²) in [5.74, 6) is 1.39. The van der Waals surface area contributed by atoms with Gasteiger partial charge in [-0.3, -0.25) is 4.90 Å². The van der Waals surface area contributed by atoms with Gasteiger partial charge < -0.3 is 14.5 Å². The molecule has 1 fully saturated rings. The lowest BCUT2D eigenvalue weighted by molar-refractivity contribution is 0.170. The Morgan fingerprint density at radius 3 is 2.55 bits per heavy atom. The lowest BCUT2D eigenvalue weighted by atomic mass is 10.0. The number of rotatable bonds is 8. The maximum atomic E-state index is 9.50. The van der Waals surface area contributed by atoms with Crippen LogP contribution in [-0.2, 0) is 6.61 Å². The van der Waals surface area contributed by atoms with Gasteiger partial charge in [-0.2, -0.15) is 10.2 Å². The number of ether oxygens (including phenoxy) is 1. The highest BCUT2D eigenvalue weighted by Gasteiger charge is 2.23. The Kier molecular flexibility index (Phi) is 7.08. The average Bonchev–Trinajstić information content (AvgIpc) is 3.22. The summed E-state index contributed by atoms with van der Waals surface area (Å²) in [5.41, 5.74) is 1.49. The molecule has 2 aromatic carbocycles. The van der Waals surface area contributed by atoms with Gasteiger partial charge in [0.15, 0.2) is 6.61 Å². The normalized spacial score (nSPS) is 15.2. The molecule has 0 aliphatic carbocycles. The molecule has 4 rings (SSSR count). The van der Waals surface area contributed by atoms with Gasteiger partial charge in [0.05, 0.1) is 6.04 Å². The van der Waals surface area contributed by atoms with Crippen LogP contribution in [0.15, 0.2) is 59.0 Å². The Hall–Kier alpha value is -3.01. The summed E-state index contributed by atoms with van der Waals surface area (Å²) >= 11 is 5.90. The monoisotopic (exact) mass is 436 g/mol. The van der Waals surface area contributed by atoms with Gasteiger partial charge in [0.1, 0.15) is 11.8 Å². The maximum Gasteiger partial charge on any atom is 0.236 e. The van der Waals surface area contributed by atoms with E-state index in [-0.39, 0.29) is 18.3 Å². The highest BCUT2D eigenvalue weighted by atomic mass is 35.5. The van der Waals surface area contributed by atoms with Crippen molar-refractivity contribution in [1.82, 2.24) is 9.88 Å². The van der Waals surface area contributed by atoms with Crippen LogP contribution in [0.4, 0.5) is 5.88 Å². The number of aromatic nitrogens is 1. The van der Waals surface area contributed by atoms with E-state index in [4.69, 9.17) is 20.8 Å². The zero-order valence-electron chi connectivity index (χ0n) is 17.3. The smallest absolute Gasteiger partial charge is 0.236 e. The van der Waals surface area contributed by atoms with Gasteiger partial charge in [-0.25, -0.2) is 0 Å². The molecule has 160 valence electrons. The Morgan fingerprint density at radius 2 is 1.84 bits per heavy atom. The molecule has 1 aliphatic rings.